The third-order valence-electron chi connectivity index (χ3n) is 2.43. The van der Waals surface area contributed by atoms with Crippen molar-refractivity contribution in [2.24, 2.45) is 0 Å². The van der Waals surface area contributed by atoms with Gasteiger partial charge in [0, 0.05) is 23.4 Å². The molecule has 0 spiro atoms. The molecule has 0 fully saturated rings. The van der Waals surface area contributed by atoms with Crippen LogP contribution in [0.5, 0.6) is 0 Å². The first kappa shape index (κ1) is 12.6. The van der Waals surface area contributed by atoms with Crippen molar-refractivity contribution in [3.05, 3.63) is 69.5 Å². The van der Waals surface area contributed by atoms with E-state index in [-0.39, 0.29) is 11.5 Å². The van der Waals surface area contributed by atoms with Gasteiger partial charge in [0.1, 0.15) is 5.82 Å². The second-order valence-electron chi connectivity index (χ2n) is 3.79. The molecular formula is C14H9FN2O2. The summed E-state index contributed by atoms with van der Waals surface area (Å²) in [6, 6.07) is 9.70. The molecule has 5 heteroatoms. The van der Waals surface area contributed by atoms with Crippen LogP contribution in [0.15, 0.2) is 42.5 Å². The van der Waals surface area contributed by atoms with Crippen LogP contribution in [0.3, 0.4) is 0 Å². The van der Waals surface area contributed by atoms with Crippen LogP contribution in [0.4, 0.5) is 15.8 Å². The molecule has 0 aliphatic carbocycles. The highest BCUT2D eigenvalue weighted by Crippen LogP contribution is 2.18. The van der Waals surface area contributed by atoms with Gasteiger partial charge in [0.2, 0.25) is 0 Å². The van der Waals surface area contributed by atoms with E-state index in [9.17, 15) is 14.5 Å². The lowest BCUT2D eigenvalue weighted by molar-refractivity contribution is -0.384. The van der Waals surface area contributed by atoms with Crippen LogP contribution in [-0.4, -0.2) is 4.92 Å². The molecule has 94 valence electrons. The molecule has 0 saturated heterocycles. The number of anilines is 1. The Bertz CT molecular complexity index is 685. The number of nitro groups is 1. The number of nitrogens with zero attached hydrogens (tertiary/aromatic N) is 1. The lowest BCUT2D eigenvalue weighted by Gasteiger charge is -1.97. The minimum Gasteiger partial charge on any atom is -0.398 e. The van der Waals surface area contributed by atoms with Crippen molar-refractivity contribution in [3.63, 3.8) is 0 Å². The largest absolute Gasteiger partial charge is 0.398 e. The van der Waals surface area contributed by atoms with Crippen molar-refractivity contribution in [1.29, 1.82) is 0 Å². The average Bonchev–Trinajstić information content (AvgIpc) is 2.39. The maximum Gasteiger partial charge on any atom is 0.270 e. The second kappa shape index (κ2) is 5.19. The molecule has 2 rings (SSSR count). The summed E-state index contributed by atoms with van der Waals surface area (Å²) in [7, 11) is 0. The zero-order valence-corrected chi connectivity index (χ0v) is 9.76. The van der Waals surface area contributed by atoms with Crippen molar-refractivity contribution >= 4 is 11.4 Å². The molecular weight excluding hydrogens is 247 g/mol. The SMILES string of the molecule is Nc1ccc([N+](=O)[O-])cc1C#Cc1ccc(F)cc1. The van der Waals surface area contributed by atoms with E-state index in [1.54, 1.807) is 0 Å². The molecule has 0 aliphatic rings. The predicted octanol–water partition coefficient (Wildman–Crippen LogP) is 2.72. The van der Waals surface area contributed by atoms with Crippen LogP contribution in [-0.2, 0) is 0 Å². The molecule has 2 N–H and O–H groups in total. The van der Waals surface area contributed by atoms with E-state index in [2.05, 4.69) is 11.8 Å². The van der Waals surface area contributed by atoms with Gasteiger partial charge in [-0.3, -0.25) is 10.1 Å². The monoisotopic (exact) mass is 256 g/mol. The molecule has 0 aliphatic heterocycles. The van der Waals surface area contributed by atoms with E-state index in [0.717, 1.165) is 0 Å². The standard InChI is InChI=1S/C14H9FN2O2/c15-12-5-2-10(3-6-12)1-4-11-9-13(17(18)19)7-8-14(11)16/h2-3,5-9H,16H2. The molecule has 2 aromatic carbocycles. The Hall–Kier alpha value is -2.87. The van der Waals surface area contributed by atoms with Crippen molar-refractivity contribution in [1.82, 2.24) is 0 Å². The number of hydrogen-bond donors (Lipinski definition) is 1. The third-order valence-corrected chi connectivity index (χ3v) is 2.43. The van der Waals surface area contributed by atoms with Gasteiger partial charge in [0.25, 0.3) is 5.69 Å². The average molecular weight is 256 g/mol. The lowest BCUT2D eigenvalue weighted by atomic mass is 10.1. The highest BCUT2D eigenvalue weighted by Gasteiger charge is 2.07. The Labute approximate surface area is 108 Å². The maximum absolute atomic E-state index is 12.7. The first-order valence-electron chi connectivity index (χ1n) is 5.38. The summed E-state index contributed by atoms with van der Waals surface area (Å²) in [6.07, 6.45) is 0. The molecule has 0 atom stereocenters. The second-order valence-corrected chi connectivity index (χ2v) is 3.79. The summed E-state index contributed by atoms with van der Waals surface area (Å²) >= 11 is 0. The van der Waals surface area contributed by atoms with Gasteiger partial charge < -0.3 is 5.73 Å². The zero-order valence-electron chi connectivity index (χ0n) is 9.76. The highest BCUT2D eigenvalue weighted by molar-refractivity contribution is 5.61. The van der Waals surface area contributed by atoms with E-state index in [0.29, 0.717) is 16.8 Å². The topological polar surface area (TPSA) is 69.2 Å². The number of nitrogens with two attached hydrogens (primary N) is 1. The zero-order chi connectivity index (χ0) is 13.8. The van der Waals surface area contributed by atoms with Crippen LogP contribution in [0, 0.1) is 27.8 Å². The number of halogens is 1. The van der Waals surface area contributed by atoms with Crippen LogP contribution < -0.4 is 5.73 Å². The molecule has 0 aromatic heterocycles. The Morgan fingerprint density at radius 3 is 2.42 bits per heavy atom. The Morgan fingerprint density at radius 2 is 1.79 bits per heavy atom. The van der Waals surface area contributed by atoms with Gasteiger partial charge in [-0.25, -0.2) is 4.39 Å². The number of benzene rings is 2. The fourth-order valence-corrected chi connectivity index (χ4v) is 1.44. The highest BCUT2D eigenvalue weighted by atomic mass is 19.1. The molecule has 4 nitrogen and oxygen atoms in total. The van der Waals surface area contributed by atoms with Gasteiger partial charge in [-0.2, -0.15) is 0 Å². The smallest absolute Gasteiger partial charge is 0.270 e. The van der Waals surface area contributed by atoms with Crippen LogP contribution in [0.1, 0.15) is 11.1 Å². The Balaban J connectivity index is 2.36. The van der Waals surface area contributed by atoms with Crippen LogP contribution in [0.2, 0.25) is 0 Å². The molecule has 0 radical (unpaired) electrons. The number of rotatable bonds is 1. The molecule has 0 saturated carbocycles. The quantitative estimate of drug-likeness (QED) is 0.369. The van der Waals surface area contributed by atoms with Crippen molar-refractivity contribution in [2.45, 2.75) is 0 Å². The first-order valence-corrected chi connectivity index (χ1v) is 5.38. The summed E-state index contributed by atoms with van der Waals surface area (Å²) in [5.74, 6) is 5.17. The summed E-state index contributed by atoms with van der Waals surface area (Å²) in [6.45, 7) is 0. The van der Waals surface area contributed by atoms with Crippen LogP contribution >= 0.6 is 0 Å². The van der Waals surface area contributed by atoms with E-state index in [1.807, 2.05) is 0 Å². The Morgan fingerprint density at radius 1 is 1.11 bits per heavy atom. The fraction of sp³-hybridized carbons (Fsp3) is 0. The number of hydrogen-bond acceptors (Lipinski definition) is 3. The van der Waals surface area contributed by atoms with Crippen molar-refractivity contribution in [3.8, 4) is 11.8 Å². The molecule has 2 aromatic rings. The van der Waals surface area contributed by atoms with Crippen LogP contribution in [0.25, 0.3) is 0 Å². The Kier molecular flexibility index (Phi) is 3.44. The predicted molar refractivity (Wildman–Crippen MR) is 69.9 cm³/mol. The summed E-state index contributed by atoms with van der Waals surface area (Å²) in [5, 5.41) is 10.7. The lowest BCUT2D eigenvalue weighted by Crippen LogP contribution is -1.93. The molecule has 19 heavy (non-hydrogen) atoms. The van der Waals surface area contributed by atoms with E-state index >= 15 is 0 Å². The van der Waals surface area contributed by atoms with Gasteiger partial charge in [-0.05, 0) is 30.3 Å². The molecule has 0 heterocycles. The minimum atomic E-state index is -0.511. The number of non-ortho nitro benzene ring substituents is 1. The van der Waals surface area contributed by atoms with Gasteiger partial charge in [-0.15, -0.1) is 0 Å². The van der Waals surface area contributed by atoms with Crippen molar-refractivity contribution in [2.75, 3.05) is 5.73 Å². The third kappa shape index (κ3) is 3.07. The number of nitro benzene ring substituents is 1. The first-order chi connectivity index (χ1) is 9.06. The van der Waals surface area contributed by atoms with Crippen molar-refractivity contribution < 1.29 is 9.31 Å². The number of nitrogen functional groups attached to an aromatic ring is 1. The van der Waals surface area contributed by atoms with Gasteiger partial charge in [0.05, 0.1) is 10.5 Å². The van der Waals surface area contributed by atoms with Gasteiger partial charge >= 0.3 is 0 Å². The maximum atomic E-state index is 12.7. The molecule has 0 unspecified atom stereocenters. The summed E-state index contributed by atoms with van der Waals surface area (Å²) in [4.78, 5) is 10.1. The summed E-state index contributed by atoms with van der Waals surface area (Å²) in [5.41, 5.74) is 6.96. The fourth-order valence-electron chi connectivity index (χ4n) is 1.44. The van der Waals surface area contributed by atoms with E-state index in [4.69, 9.17) is 5.73 Å². The van der Waals surface area contributed by atoms with Gasteiger partial charge in [0.15, 0.2) is 0 Å². The molecule has 0 amide bonds. The molecule has 0 bridgehead atoms. The van der Waals surface area contributed by atoms with Gasteiger partial charge in [-0.1, -0.05) is 11.8 Å². The van der Waals surface area contributed by atoms with E-state index < -0.39 is 4.92 Å². The normalized spacial score (nSPS) is 9.53. The summed E-state index contributed by atoms with van der Waals surface area (Å²) < 4.78 is 12.7. The van der Waals surface area contributed by atoms with E-state index in [1.165, 1.54) is 42.5 Å². The minimum absolute atomic E-state index is 0.0717.